The zero-order valence-corrected chi connectivity index (χ0v) is 19.1. The molecule has 0 aliphatic carbocycles. The van der Waals surface area contributed by atoms with Gasteiger partial charge < -0.3 is 19.4 Å². The van der Waals surface area contributed by atoms with Crippen LogP contribution in [0, 0.1) is 0 Å². The van der Waals surface area contributed by atoms with E-state index in [1.165, 1.54) is 7.11 Å². The number of carbonyl (C=O) groups is 1. The summed E-state index contributed by atoms with van der Waals surface area (Å²) >= 11 is 0. The van der Waals surface area contributed by atoms with Crippen molar-refractivity contribution in [2.75, 3.05) is 13.7 Å². The number of likely N-dealkylation sites (tertiary alicyclic amines) is 1. The highest BCUT2D eigenvalue weighted by Crippen LogP contribution is 2.32. The van der Waals surface area contributed by atoms with E-state index in [-0.39, 0.29) is 18.3 Å². The van der Waals surface area contributed by atoms with Crippen LogP contribution in [-0.2, 0) is 4.84 Å². The Hall–Kier alpha value is -4.30. The lowest BCUT2D eigenvalue weighted by Crippen LogP contribution is -2.31. The Bertz CT molecular complexity index is 1320. The van der Waals surface area contributed by atoms with Crippen LogP contribution in [0.25, 0.3) is 11.1 Å². The zero-order valence-electron chi connectivity index (χ0n) is 19.1. The van der Waals surface area contributed by atoms with Gasteiger partial charge in [0.05, 0.1) is 12.3 Å². The maximum atomic E-state index is 13.5. The molecule has 2 atom stereocenters. The molecule has 8 nitrogen and oxygen atoms in total. The van der Waals surface area contributed by atoms with Gasteiger partial charge >= 0.3 is 0 Å². The molecular weight excluding hydrogens is 444 g/mol. The summed E-state index contributed by atoms with van der Waals surface area (Å²) in [5.41, 5.74) is 3.99. The van der Waals surface area contributed by atoms with E-state index in [0.29, 0.717) is 29.1 Å². The molecule has 0 spiro atoms. The fraction of sp³-hybridized carbons (Fsp3) is 0.185. The smallest absolute Gasteiger partial charge is 0.260 e. The molecule has 1 amide bonds. The van der Waals surface area contributed by atoms with Gasteiger partial charge in [-0.25, -0.2) is 0 Å². The Kier molecular flexibility index (Phi) is 6.36. The molecule has 0 radical (unpaired) electrons. The molecule has 1 N–H and O–H groups in total. The van der Waals surface area contributed by atoms with Crippen LogP contribution >= 0.6 is 0 Å². The van der Waals surface area contributed by atoms with Gasteiger partial charge in [-0.05, 0) is 28.8 Å². The number of amides is 1. The first-order chi connectivity index (χ1) is 17.1. The average molecular weight is 469 g/mol. The van der Waals surface area contributed by atoms with E-state index >= 15 is 0 Å². The van der Waals surface area contributed by atoms with Crippen LogP contribution in [0.4, 0.5) is 0 Å². The van der Waals surface area contributed by atoms with Crippen LogP contribution in [0.15, 0.2) is 94.6 Å². The third kappa shape index (κ3) is 4.69. The molecule has 3 aromatic carbocycles. The Balaban J connectivity index is 1.40. The van der Waals surface area contributed by atoms with Crippen molar-refractivity contribution in [3.8, 4) is 11.1 Å². The Morgan fingerprint density at radius 1 is 1.03 bits per heavy atom. The highest BCUT2D eigenvalue weighted by Gasteiger charge is 2.38. The predicted molar refractivity (Wildman–Crippen MR) is 130 cm³/mol. The molecule has 1 aliphatic rings. The normalized spacial score (nSPS) is 17.5. The lowest BCUT2D eigenvalue weighted by Gasteiger charge is -2.21. The molecular formula is C27H24N4O4. The minimum absolute atomic E-state index is 0.0722. The summed E-state index contributed by atoms with van der Waals surface area (Å²) in [5, 5.41) is 18.8. The molecule has 1 unspecified atom stereocenters. The summed E-state index contributed by atoms with van der Waals surface area (Å²) in [7, 11) is 1.47. The van der Waals surface area contributed by atoms with Gasteiger partial charge in [-0.3, -0.25) is 4.79 Å². The highest BCUT2D eigenvalue weighted by atomic mass is 16.6. The van der Waals surface area contributed by atoms with Gasteiger partial charge in [-0.1, -0.05) is 83.1 Å². The van der Waals surface area contributed by atoms with E-state index in [1.54, 1.807) is 17.0 Å². The predicted octanol–water partition coefficient (Wildman–Crippen LogP) is 4.41. The summed E-state index contributed by atoms with van der Waals surface area (Å²) in [6.45, 7) is 0.281. The number of aliphatic hydroxyl groups excluding tert-OH is 1. The standard InChI is InChI=1S/C27H24N4O4/c1-34-29-22-16-23(25-28-26(35-30-25)24(32)20-10-6-3-7-11-20)31(17-22)27(33)21-14-12-19(13-15-21)18-8-4-2-5-9-18/h2-15,23-24,32H,16-17H2,1H3/t23-,24?/m0/s1. The van der Waals surface area contributed by atoms with E-state index in [4.69, 9.17) is 9.36 Å². The second-order valence-corrected chi connectivity index (χ2v) is 8.24. The quantitative estimate of drug-likeness (QED) is 0.421. The van der Waals surface area contributed by atoms with Crippen molar-refractivity contribution in [3.63, 3.8) is 0 Å². The van der Waals surface area contributed by atoms with Gasteiger partial charge in [0, 0.05) is 12.0 Å². The molecule has 1 aliphatic heterocycles. The number of hydrogen-bond donors (Lipinski definition) is 1. The van der Waals surface area contributed by atoms with E-state index in [1.807, 2.05) is 72.8 Å². The first-order valence-corrected chi connectivity index (χ1v) is 11.3. The summed E-state index contributed by atoms with van der Waals surface area (Å²) in [6, 6.07) is 26.0. The summed E-state index contributed by atoms with van der Waals surface area (Å²) in [5.74, 6) is 0.208. The summed E-state index contributed by atoms with van der Waals surface area (Å²) in [4.78, 5) is 24.5. The SMILES string of the molecule is CON=C1C[C@@H](c2noc(C(O)c3ccccc3)n2)N(C(=O)c2ccc(-c3ccccc3)cc2)C1. The van der Waals surface area contributed by atoms with Crippen LogP contribution in [0.1, 0.15) is 46.2 Å². The number of benzene rings is 3. The zero-order chi connectivity index (χ0) is 24.2. The molecule has 2 heterocycles. The molecule has 4 aromatic rings. The maximum Gasteiger partial charge on any atom is 0.260 e. The first-order valence-electron chi connectivity index (χ1n) is 11.3. The van der Waals surface area contributed by atoms with Crippen molar-refractivity contribution in [2.24, 2.45) is 5.16 Å². The third-order valence-corrected chi connectivity index (χ3v) is 5.98. The summed E-state index contributed by atoms with van der Waals surface area (Å²) < 4.78 is 5.37. The largest absolute Gasteiger partial charge is 0.399 e. The van der Waals surface area contributed by atoms with Crippen LogP contribution in [-0.4, -0.2) is 45.4 Å². The van der Waals surface area contributed by atoms with Gasteiger partial charge in [-0.2, -0.15) is 4.98 Å². The Labute approximate surface area is 202 Å². The van der Waals surface area contributed by atoms with Gasteiger partial charge in [0.25, 0.3) is 11.8 Å². The lowest BCUT2D eigenvalue weighted by molar-refractivity contribution is 0.0732. The molecule has 5 rings (SSSR count). The Morgan fingerprint density at radius 3 is 2.37 bits per heavy atom. The van der Waals surface area contributed by atoms with Crippen molar-refractivity contribution >= 4 is 11.6 Å². The monoisotopic (exact) mass is 468 g/mol. The second kappa shape index (κ2) is 9.90. The van der Waals surface area contributed by atoms with Crippen LogP contribution in [0.2, 0.25) is 0 Å². The van der Waals surface area contributed by atoms with Gasteiger partial charge in [-0.15, -0.1) is 0 Å². The van der Waals surface area contributed by atoms with Gasteiger partial charge in [0.2, 0.25) is 0 Å². The van der Waals surface area contributed by atoms with Crippen LogP contribution < -0.4 is 0 Å². The number of carbonyl (C=O) groups excluding carboxylic acids is 1. The van der Waals surface area contributed by atoms with E-state index in [2.05, 4.69) is 15.3 Å². The number of aliphatic hydroxyl groups is 1. The van der Waals surface area contributed by atoms with Crippen molar-refractivity contribution in [3.05, 3.63) is 108 Å². The fourth-order valence-corrected chi connectivity index (χ4v) is 4.22. The molecule has 0 bridgehead atoms. The molecule has 1 fully saturated rings. The Morgan fingerprint density at radius 2 is 1.69 bits per heavy atom. The number of aromatic nitrogens is 2. The molecule has 176 valence electrons. The second-order valence-electron chi connectivity index (χ2n) is 8.24. The average Bonchev–Trinajstić information content (AvgIpc) is 3.57. The van der Waals surface area contributed by atoms with Crippen molar-refractivity contribution in [1.82, 2.24) is 15.0 Å². The topological polar surface area (TPSA) is 101 Å². The molecule has 35 heavy (non-hydrogen) atoms. The van der Waals surface area contributed by atoms with E-state index in [9.17, 15) is 9.90 Å². The number of hydrogen-bond acceptors (Lipinski definition) is 7. The number of oxime groups is 1. The van der Waals surface area contributed by atoms with E-state index < -0.39 is 12.1 Å². The van der Waals surface area contributed by atoms with Gasteiger partial charge in [0.1, 0.15) is 13.2 Å². The van der Waals surface area contributed by atoms with Gasteiger partial charge in [0.15, 0.2) is 11.9 Å². The van der Waals surface area contributed by atoms with Crippen LogP contribution in [0.3, 0.4) is 0 Å². The molecule has 1 aromatic heterocycles. The third-order valence-electron chi connectivity index (χ3n) is 5.98. The first kappa shape index (κ1) is 22.5. The number of rotatable bonds is 6. The number of nitrogens with zero attached hydrogens (tertiary/aromatic N) is 4. The van der Waals surface area contributed by atoms with Crippen molar-refractivity contribution in [2.45, 2.75) is 18.6 Å². The maximum absolute atomic E-state index is 13.5. The molecule has 8 heteroatoms. The van der Waals surface area contributed by atoms with Crippen molar-refractivity contribution < 1.29 is 19.3 Å². The molecule has 0 saturated carbocycles. The van der Waals surface area contributed by atoms with Crippen molar-refractivity contribution in [1.29, 1.82) is 0 Å². The fourth-order valence-electron chi connectivity index (χ4n) is 4.22. The van der Waals surface area contributed by atoms with Crippen LogP contribution in [0.5, 0.6) is 0 Å². The minimum atomic E-state index is -1.05. The lowest BCUT2D eigenvalue weighted by atomic mass is 10.0. The summed E-state index contributed by atoms with van der Waals surface area (Å²) in [6.07, 6.45) is -0.650. The highest BCUT2D eigenvalue weighted by molar-refractivity contribution is 6.00. The van der Waals surface area contributed by atoms with E-state index in [0.717, 1.165) is 11.1 Å². The minimum Gasteiger partial charge on any atom is -0.399 e. The molecule has 1 saturated heterocycles.